The number of hydrogen-bond donors (Lipinski definition) is 2. The van der Waals surface area contributed by atoms with Gasteiger partial charge in [0.25, 0.3) is 0 Å². The summed E-state index contributed by atoms with van der Waals surface area (Å²) in [6, 6.07) is 16.8. The molecule has 0 saturated heterocycles. The second kappa shape index (κ2) is 8.65. The highest BCUT2D eigenvalue weighted by Gasteiger charge is 2.16. The van der Waals surface area contributed by atoms with Crippen LogP contribution < -0.4 is 10.1 Å². The van der Waals surface area contributed by atoms with E-state index in [1.165, 1.54) is 0 Å². The number of benzene rings is 2. The van der Waals surface area contributed by atoms with Gasteiger partial charge in [0, 0.05) is 19.5 Å². The molecule has 0 aromatic heterocycles. The van der Waals surface area contributed by atoms with Gasteiger partial charge >= 0.3 is 0 Å². The van der Waals surface area contributed by atoms with Gasteiger partial charge in [-0.1, -0.05) is 30.3 Å². The number of amides is 1. The van der Waals surface area contributed by atoms with Gasteiger partial charge in [0.1, 0.15) is 5.75 Å². The van der Waals surface area contributed by atoms with Gasteiger partial charge in [-0.3, -0.25) is 4.79 Å². The average Bonchev–Trinajstić information content (AvgIpc) is 2.54. The number of carbonyl (C=O) groups is 1. The first-order valence-corrected chi connectivity index (χ1v) is 8.36. The molecule has 0 saturated carbocycles. The van der Waals surface area contributed by atoms with E-state index in [0.29, 0.717) is 36.7 Å². The highest BCUT2D eigenvalue weighted by molar-refractivity contribution is 5.92. The van der Waals surface area contributed by atoms with Crippen LogP contribution in [0.5, 0.6) is 11.5 Å². The summed E-state index contributed by atoms with van der Waals surface area (Å²) >= 11 is 0. The van der Waals surface area contributed by atoms with Gasteiger partial charge in [-0.05, 0) is 45.2 Å². The number of hydrogen-bond acceptors (Lipinski definition) is 4. The van der Waals surface area contributed by atoms with Crippen molar-refractivity contribution in [2.24, 2.45) is 0 Å². The molecule has 1 amide bonds. The molecule has 0 spiro atoms. The van der Waals surface area contributed by atoms with Crippen LogP contribution in [0.4, 0.5) is 5.69 Å². The Morgan fingerprint density at radius 1 is 1.12 bits per heavy atom. The van der Waals surface area contributed by atoms with Gasteiger partial charge in [0.05, 0.1) is 11.3 Å². The van der Waals surface area contributed by atoms with Crippen molar-refractivity contribution in [1.29, 1.82) is 0 Å². The number of nitrogens with zero attached hydrogens (tertiary/aromatic N) is 1. The van der Waals surface area contributed by atoms with Gasteiger partial charge in [-0.2, -0.15) is 0 Å². The van der Waals surface area contributed by atoms with E-state index in [1.54, 1.807) is 13.8 Å². The molecule has 2 aromatic rings. The molecule has 25 heavy (non-hydrogen) atoms. The molecule has 0 aliphatic heterocycles. The van der Waals surface area contributed by atoms with Crippen LogP contribution in [-0.2, 0) is 4.79 Å². The third-order valence-electron chi connectivity index (χ3n) is 3.51. The summed E-state index contributed by atoms with van der Waals surface area (Å²) in [5.74, 6) is 1.23. The van der Waals surface area contributed by atoms with E-state index < -0.39 is 5.60 Å². The van der Waals surface area contributed by atoms with E-state index in [0.717, 1.165) is 0 Å². The highest BCUT2D eigenvalue weighted by atomic mass is 16.5. The van der Waals surface area contributed by atoms with Crippen molar-refractivity contribution in [2.75, 3.05) is 25.5 Å². The molecular formula is C20H26N2O3. The van der Waals surface area contributed by atoms with Gasteiger partial charge in [0.2, 0.25) is 5.91 Å². The fourth-order valence-corrected chi connectivity index (χ4v) is 2.52. The van der Waals surface area contributed by atoms with E-state index in [-0.39, 0.29) is 5.91 Å². The molecule has 0 heterocycles. The third kappa shape index (κ3) is 6.95. The van der Waals surface area contributed by atoms with Crippen LogP contribution in [0.25, 0.3) is 0 Å². The Hall–Kier alpha value is -2.37. The molecule has 5 nitrogen and oxygen atoms in total. The topological polar surface area (TPSA) is 61.8 Å². The monoisotopic (exact) mass is 342 g/mol. The molecule has 2 aromatic carbocycles. The van der Waals surface area contributed by atoms with E-state index >= 15 is 0 Å². The summed E-state index contributed by atoms with van der Waals surface area (Å²) in [7, 11) is 1.89. The number of aliphatic hydroxyl groups is 1. The molecule has 0 aliphatic rings. The Kier molecular flexibility index (Phi) is 6.56. The highest BCUT2D eigenvalue weighted by Crippen LogP contribution is 2.29. The van der Waals surface area contributed by atoms with Crippen molar-refractivity contribution >= 4 is 11.6 Å². The summed E-state index contributed by atoms with van der Waals surface area (Å²) in [4.78, 5) is 14.2. The van der Waals surface area contributed by atoms with E-state index in [9.17, 15) is 9.90 Å². The summed E-state index contributed by atoms with van der Waals surface area (Å²) in [5, 5.41) is 12.7. The maximum absolute atomic E-state index is 12.2. The molecule has 134 valence electrons. The van der Waals surface area contributed by atoms with Gasteiger partial charge in [0.15, 0.2) is 5.75 Å². The lowest BCUT2D eigenvalue weighted by molar-refractivity contribution is -0.116. The lowest BCUT2D eigenvalue weighted by Gasteiger charge is -2.25. The maximum Gasteiger partial charge on any atom is 0.225 e. The van der Waals surface area contributed by atoms with Crippen molar-refractivity contribution < 1.29 is 14.6 Å². The number of para-hydroxylation sites is 3. The van der Waals surface area contributed by atoms with Crippen molar-refractivity contribution in [1.82, 2.24) is 4.90 Å². The minimum atomic E-state index is -0.776. The third-order valence-corrected chi connectivity index (χ3v) is 3.51. The normalized spacial score (nSPS) is 11.4. The molecule has 5 heteroatoms. The zero-order valence-electron chi connectivity index (χ0n) is 15.0. The predicted octanol–water partition coefficient (Wildman–Crippen LogP) is 3.51. The van der Waals surface area contributed by atoms with Crippen LogP contribution in [0.15, 0.2) is 54.6 Å². The summed E-state index contributed by atoms with van der Waals surface area (Å²) < 4.78 is 5.84. The van der Waals surface area contributed by atoms with Gasteiger partial charge in [-0.25, -0.2) is 0 Å². The number of rotatable bonds is 8. The largest absolute Gasteiger partial charge is 0.455 e. The molecule has 0 aliphatic carbocycles. The van der Waals surface area contributed by atoms with Crippen LogP contribution in [-0.4, -0.2) is 41.7 Å². The first-order chi connectivity index (χ1) is 11.8. The molecule has 0 atom stereocenters. The summed E-state index contributed by atoms with van der Waals surface area (Å²) in [6.07, 6.45) is 0.340. The minimum absolute atomic E-state index is 0.0910. The number of anilines is 1. The fourth-order valence-electron chi connectivity index (χ4n) is 2.52. The fraction of sp³-hybridized carbons (Fsp3) is 0.350. The zero-order valence-corrected chi connectivity index (χ0v) is 15.0. The summed E-state index contributed by atoms with van der Waals surface area (Å²) in [6.45, 7) is 4.58. The van der Waals surface area contributed by atoms with Crippen LogP contribution >= 0.6 is 0 Å². The first kappa shape index (κ1) is 19.0. The predicted molar refractivity (Wildman–Crippen MR) is 100.0 cm³/mol. The van der Waals surface area contributed by atoms with Crippen molar-refractivity contribution in [3.05, 3.63) is 54.6 Å². The Labute approximate surface area is 149 Å². The molecule has 0 fully saturated rings. The zero-order chi connectivity index (χ0) is 18.3. The quantitative estimate of drug-likeness (QED) is 0.771. The second-order valence-electron chi connectivity index (χ2n) is 6.76. The Balaban J connectivity index is 1.92. The van der Waals surface area contributed by atoms with Crippen LogP contribution in [0.3, 0.4) is 0 Å². The lowest BCUT2D eigenvalue weighted by Crippen LogP contribution is -2.37. The van der Waals surface area contributed by atoms with Crippen LogP contribution in [0, 0.1) is 0 Å². The van der Waals surface area contributed by atoms with Crippen molar-refractivity contribution in [3.63, 3.8) is 0 Å². The Morgan fingerprint density at radius 3 is 2.44 bits per heavy atom. The second-order valence-corrected chi connectivity index (χ2v) is 6.76. The Morgan fingerprint density at radius 2 is 1.76 bits per heavy atom. The lowest BCUT2D eigenvalue weighted by atomic mass is 10.1. The molecule has 0 unspecified atom stereocenters. The number of ether oxygens (including phenoxy) is 1. The maximum atomic E-state index is 12.2. The molecule has 0 radical (unpaired) electrons. The van der Waals surface area contributed by atoms with E-state index in [4.69, 9.17) is 4.74 Å². The number of carbonyl (C=O) groups excluding carboxylic acids is 1. The minimum Gasteiger partial charge on any atom is -0.455 e. The average molecular weight is 342 g/mol. The number of likely N-dealkylation sites (N-methyl/N-ethyl adjacent to an activating group) is 1. The van der Waals surface area contributed by atoms with Gasteiger partial charge in [-0.15, -0.1) is 0 Å². The smallest absolute Gasteiger partial charge is 0.225 e. The molecule has 2 rings (SSSR count). The summed E-state index contributed by atoms with van der Waals surface area (Å²) in [5.41, 5.74) is -0.136. The van der Waals surface area contributed by atoms with Gasteiger partial charge < -0.3 is 20.1 Å². The van der Waals surface area contributed by atoms with Crippen LogP contribution in [0.1, 0.15) is 20.3 Å². The van der Waals surface area contributed by atoms with E-state index in [1.807, 2.05) is 66.5 Å². The van der Waals surface area contributed by atoms with E-state index in [2.05, 4.69) is 5.32 Å². The van der Waals surface area contributed by atoms with Crippen molar-refractivity contribution in [2.45, 2.75) is 25.9 Å². The van der Waals surface area contributed by atoms with Crippen LogP contribution in [0.2, 0.25) is 0 Å². The standard InChI is InChI=1S/C20H26N2O3/c1-20(2,24)15-22(3)14-13-19(23)21-17-11-7-8-12-18(17)25-16-9-5-4-6-10-16/h4-12,24H,13-15H2,1-3H3,(H,21,23). The molecule has 0 bridgehead atoms. The molecule has 2 N–H and O–H groups in total. The number of nitrogens with one attached hydrogen (secondary N) is 1. The first-order valence-electron chi connectivity index (χ1n) is 8.36. The Bertz CT molecular complexity index is 681. The van der Waals surface area contributed by atoms with Crippen molar-refractivity contribution in [3.8, 4) is 11.5 Å². The SMILES string of the molecule is CN(CCC(=O)Nc1ccccc1Oc1ccccc1)CC(C)(C)O. The molecular weight excluding hydrogens is 316 g/mol.